The van der Waals surface area contributed by atoms with E-state index in [2.05, 4.69) is 128 Å². The van der Waals surface area contributed by atoms with E-state index in [-0.39, 0.29) is 41.4 Å². The molecule has 8 heterocycles. The van der Waals surface area contributed by atoms with Crippen molar-refractivity contribution >= 4 is 34.6 Å². The summed E-state index contributed by atoms with van der Waals surface area (Å²) in [6, 6.07) is 36.2. The molecule has 1 amide bonds. The molecule has 3 aromatic carbocycles. The molecule has 0 bridgehead atoms. The Labute approximate surface area is 458 Å². The van der Waals surface area contributed by atoms with Gasteiger partial charge in [0.15, 0.2) is 5.78 Å². The molecule has 0 radical (unpaired) electrons. The molecule has 406 valence electrons. The minimum atomic E-state index is -0.179. The smallest absolute Gasteiger partial charge is 0.255 e. The first-order valence-corrected chi connectivity index (χ1v) is 28.5. The van der Waals surface area contributed by atoms with Crippen molar-refractivity contribution in [1.82, 2.24) is 40.2 Å². The fourth-order valence-electron chi connectivity index (χ4n) is 12.5. The van der Waals surface area contributed by atoms with Crippen molar-refractivity contribution in [2.45, 2.75) is 101 Å². The zero-order chi connectivity index (χ0) is 53.4. The molecule has 16 heteroatoms. The maximum absolute atomic E-state index is 13.7. The first kappa shape index (κ1) is 52.6. The number of nitrogen functional groups attached to an aromatic ring is 1. The zero-order valence-electron chi connectivity index (χ0n) is 44.8. The summed E-state index contributed by atoms with van der Waals surface area (Å²) in [5.41, 5.74) is 28.0. The van der Waals surface area contributed by atoms with Gasteiger partial charge in [0.1, 0.15) is 5.82 Å². The number of pyridine rings is 2. The van der Waals surface area contributed by atoms with E-state index in [1.165, 1.54) is 49.2 Å². The SMILES string of the molecule is NC1CCN(c2ccccc2)C1.NC1Cc2ncc(-c3cnn(C4CCNCC4)c3)cc2C(=O)C1C1CCN(c2ccccc2)C1.Nc1ncc(-c2cnn(C3CCCCC3)c2)cc1C(=O)NC1CCN(c2ccccc2)C1. The monoisotopic (exact) mass is 1050 g/mol. The van der Waals surface area contributed by atoms with E-state index in [0.29, 0.717) is 30.1 Å². The molecule has 5 unspecified atom stereocenters. The van der Waals surface area contributed by atoms with Gasteiger partial charge in [0.05, 0.1) is 35.7 Å². The molecule has 4 aromatic heterocycles. The maximum atomic E-state index is 13.7. The molecule has 7 aromatic rings. The number of benzene rings is 3. The van der Waals surface area contributed by atoms with Crippen molar-refractivity contribution in [2.24, 2.45) is 23.3 Å². The molecule has 6 aliphatic rings. The van der Waals surface area contributed by atoms with Gasteiger partial charge >= 0.3 is 0 Å². The number of hydrogen-bond acceptors (Lipinski definition) is 13. The number of fused-ring (bicyclic) bond motifs is 1. The molecule has 1 saturated carbocycles. The van der Waals surface area contributed by atoms with Crippen LogP contribution < -0.4 is 42.5 Å². The van der Waals surface area contributed by atoms with Gasteiger partial charge in [-0.3, -0.25) is 23.9 Å². The van der Waals surface area contributed by atoms with E-state index in [9.17, 15) is 9.59 Å². The Hall–Kier alpha value is -7.40. The number of ketones is 1. The second-order valence-electron chi connectivity index (χ2n) is 22.2. The fraction of sp³-hybridized carbons (Fsp3) is 0.419. The third kappa shape index (κ3) is 12.3. The minimum absolute atomic E-state index is 0.0832. The first-order chi connectivity index (χ1) is 38.2. The van der Waals surface area contributed by atoms with Crippen LogP contribution in [-0.2, 0) is 6.42 Å². The van der Waals surface area contributed by atoms with Gasteiger partial charge in [0, 0.05) is 139 Å². The Kier molecular flexibility index (Phi) is 16.5. The van der Waals surface area contributed by atoms with Crippen molar-refractivity contribution in [3.05, 3.63) is 157 Å². The van der Waals surface area contributed by atoms with Crippen molar-refractivity contribution in [3.63, 3.8) is 0 Å². The van der Waals surface area contributed by atoms with Gasteiger partial charge in [-0.05, 0) is 112 Å². The highest BCUT2D eigenvalue weighted by Gasteiger charge is 2.42. The number of anilines is 4. The fourth-order valence-corrected chi connectivity index (χ4v) is 12.5. The number of carbonyl (C=O) groups excluding carboxylic acids is 2. The van der Waals surface area contributed by atoms with E-state index < -0.39 is 0 Å². The molecular weight excluding hydrogens is 973 g/mol. The third-order valence-electron chi connectivity index (χ3n) is 16.9. The molecule has 5 fully saturated rings. The molecular formula is C62H76N14O2. The van der Waals surface area contributed by atoms with Crippen molar-refractivity contribution in [3.8, 4) is 22.3 Å². The Balaban J connectivity index is 0.000000137. The summed E-state index contributed by atoms with van der Waals surface area (Å²) in [5, 5.41) is 15.8. The van der Waals surface area contributed by atoms with Crippen LogP contribution in [0.4, 0.5) is 22.9 Å². The summed E-state index contributed by atoms with van der Waals surface area (Å²) in [5.74, 6) is 0.354. The van der Waals surface area contributed by atoms with Crippen LogP contribution in [0, 0.1) is 11.8 Å². The van der Waals surface area contributed by atoms with Gasteiger partial charge in [-0.25, -0.2) is 4.98 Å². The van der Waals surface area contributed by atoms with Gasteiger partial charge in [-0.2, -0.15) is 10.2 Å². The lowest BCUT2D eigenvalue weighted by molar-refractivity contribution is 0.0834. The second kappa shape index (κ2) is 24.5. The van der Waals surface area contributed by atoms with E-state index in [1.807, 2.05) is 61.1 Å². The highest BCUT2D eigenvalue weighted by atomic mass is 16.2. The van der Waals surface area contributed by atoms with Crippen LogP contribution in [0.1, 0.15) is 103 Å². The molecule has 16 nitrogen and oxygen atoms in total. The van der Waals surface area contributed by atoms with Crippen molar-refractivity contribution < 1.29 is 9.59 Å². The summed E-state index contributed by atoms with van der Waals surface area (Å²) in [7, 11) is 0. The van der Waals surface area contributed by atoms with Crippen LogP contribution in [0.5, 0.6) is 0 Å². The standard InChI is InChI=1S/C27H32N6O.C25H30N6O.C10H14N2/c28-24-13-25-23(27(34)26(24)18-8-11-32(16-18)21-4-2-1-3-5-21)12-19(14-30-25)20-15-31-33(17-20)22-6-9-29-10-7-22;26-24-23(25(32)29-20-11-12-30(17-20)21-7-3-1-4-8-21)13-18(14-27-24)19-15-28-31(16-19)22-9-5-2-6-10-22;11-9-6-7-12(8-9)10-4-2-1-3-5-10/h1-5,12,14-15,17-18,22,24,26,29H,6-11,13,16,28H2;1,3-4,7-8,13-16,20,22H,2,5-6,9-12,17H2,(H2,26,27)(H,29,32);1-5,9H,6-8,11H2. The van der Waals surface area contributed by atoms with Gasteiger partial charge in [-0.15, -0.1) is 0 Å². The number of piperidine rings is 1. The first-order valence-electron chi connectivity index (χ1n) is 28.5. The van der Waals surface area contributed by atoms with Gasteiger partial charge in [0.2, 0.25) is 0 Å². The van der Waals surface area contributed by atoms with Gasteiger partial charge < -0.3 is 42.5 Å². The lowest BCUT2D eigenvalue weighted by Gasteiger charge is -2.33. The number of para-hydroxylation sites is 3. The number of Topliss-reactive ketones (excluding diaryl/α,β-unsaturated/α-hetero) is 1. The highest BCUT2D eigenvalue weighted by molar-refractivity contribution is 6.02. The minimum Gasteiger partial charge on any atom is -0.383 e. The number of carbonyl (C=O) groups is 2. The van der Waals surface area contributed by atoms with Crippen molar-refractivity contribution in [1.29, 1.82) is 0 Å². The van der Waals surface area contributed by atoms with E-state index in [0.717, 1.165) is 118 Å². The molecule has 8 N–H and O–H groups in total. The number of rotatable bonds is 10. The number of nitrogens with two attached hydrogens (primary N) is 3. The molecule has 2 aliphatic carbocycles. The highest BCUT2D eigenvalue weighted by Crippen LogP contribution is 2.37. The average Bonchev–Trinajstić information content (AvgIpc) is 4.41. The van der Waals surface area contributed by atoms with E-state index in [1.54, 1.807) is 6.20 Å². The van der Waals surface area contributed by atoms with Crippen LogP contribution in [0.3, 0.4) is 0 Å². The lowest BCUT2D eigenvalue weighted by atomic mass is 9.74. The topological polar surface area (TPSA) is 207 Å². The predicted molar refractivity (Wildman–Crippen MR) is 311 cm³/mol. The predicted octanol–water partition coefficient (Wildman–Crippen LogP) is 8.34. The van der Waals surface area contributed by atoms with Crippen LogP contribution in [0.15, 0.2) is 140 Å². The molecule has 0 spiro atoms. The zero-order valence-corrected chi connectivity index (χ0v) is 44.8. The number of hydrogen-bond donors (Lipinski definition) is 5. The Bertz CT molecular complexity index is 3080. The molecule has 4 saturated heterocycles. The maximum Gasteiger partial charge on any atom is 0.255 e. The number of nitrogens with one attached hydrogen (secondary N) is 2. The Morgan fingerprint density at radius 2 is 1.14 bits per heavy atom. The summed E-state index contributed by atoms with van der Waals surface area (Å²) >= 11 is 0. The van der Waals surface area contributed by atoms with E-state index in [4.69, 9.17) is 17.2 Å². The largest absolute Gasteiger partial charge is 0.383 e. The van der Waals surface area contributed by atoms with Crippen LogP contribution >= 0.6 is 0 Å². The summed E-state index contributed by atoms with van der Waals surface area (Å²) in [4.78, 5) is 42.8. The van der Waals surface area contributed by atoms with Gasteiger partial charge in [-0.1, -0.05) is 73.9 Å². The number of amides is 1. The van der Waals surface area contributed by atoms with Crippen LogP contribution in [0.25, 0.3) is 22.3 Å². The Morgan fingerprint density at radius 1 is 0.590 bits per heavy atom. The van der Waals surface area contributed by atoms with Crippen LogP contribution in [-0.4, -0.2) is 112 Å². The average molecular weight is 1050 g/mol. The number of nitrogens with zero attached hydrogens (tertiary/aromatic N) is 9. The van der Waals surface area contributed by atoms with Crippen LogP contribution in [0.2, 0.25) is 0 Å². The molecule has 5 atom stereocenters. The van der Waals surface area contributed by atoms with Gasteiger partial charge in [0.25, 0.3) is 5.91 Å². The Morgan fingerprint density at radius 3 is 1.76 bits per heavy atom. The number of aromatic nitrogens is 6. The molecule has 4 aliphatic heterocycles. The third-order valence-corrected chi connectivity index (χ3v) is 16.9. The summed E-state index contributed by atoms with van der Waals surface area (Å²) in [6.45, 7) is 7.71. The van der Waals surface area contributed by atoms with Crippen molar-refractivity contribution in [2.75, 3.05) is 72.8 Å². The normalized spacial score (nSPS) is 22.6. The summed E-state index contributed by atoms with van der Waals surface area (Å²) in [6.07, 6.45) is 23.6. The molecule has 78 heavy (non-hydrogen) atoms. The quantitative estimate of drug-likeness (QED) is 0.0874. The molecule has 13 rings (SSSR count). The van der Waals surface area contributed by atoms with E-state index >= 15 is 0 Å². The lowest BCUT2D eigenvalue weighted by Crippen LogP contribution is -2.46. The second-order valence-corrected chi connectivity index (χ2v) is 22.2. The summed E-state index contributed by atoms with van der Waals surface area (Å²) < 4.78 is 4.15.